The van der Waals surface area contributed by atoms with Gasteiger partial charge in [0.2, 0.25) is 0 Å². The van der Waals surface area contributed by atoms with Gasteiger partial charge in [0.05, 0.1) is 24.9 Å². The average molecular weight is 321 g/mol. The second-order valence-electron chi connectivity index (χ2n) is 6.04. The second-order valence-corrected chi connectivity index (χ2v) is 6.04. The van der Waals surface area contributed by atoms with Gasteiger partial charge in [-0.2, -0.15) is 0 Å². The average Bonchev–Trinajstić information content (AvgIpc) is 3.34. The van der Waals surface area contributed by atoms with Crippen molar-refractivity contribution in [2.45, 2.75) is 18.9 Å². The van der Waals surface area contributed by atoms with Crippen molar-refractivity contribution in [2.24, 2.45) is 0 Å². The number of nitrogens with zero attached hydrogens (tertiary/aromatic N) is 5. The molecule has 24 heavy (non-hydrogen) atoms. The van der Waals surface area contributed by atoms with E-state index in [1.807, 2.05) is 52.3 Å². The van der Waals surface area contributed by atoms with Crippen LogP contribution in [0.3, 0.4) is 0 Å². The minimum absolute atomic E-state index is 0.0289. The van der Waals surface area contributed by atoms with E-state index >= 15 is 0 Å². The molecule has 3 aromatic rings. The third kappa shape index (κ3) is 2.71. The molecule has 3 heterocycles. The summed E-state index contributed by atoms with van der Waals surface area (Å²) in [6.07, 6.45) is 11.0. The Hall–Kier alpha value is -2.89. The molecule has 1 fully saturated rings. The quantitative estimate of drug-likeness (QED) is 0.745. The number of rotatable bonds is 3. The molecule has 0 N–H and O–H groups in total. The standard InChI is InChI=1S/C18H19N5O/c24-18(17-11-20-14-23(17)15-5-2-1-3-6-15)21-9-4-7-16(12-21)22-10-8-19-13-22/h1-3,5-6,8,10-11,13-14,16H,4,7,9,12H2/t16-/m0/s1. The molecule has 1 aromatic carbocycles. The Morgan fingerprint density at radius 2 is 2.00 bits per heavy atom. The number of aromatic nitrogens is 4. The number of imidazole rings is 2. The Kier molecular flexibility index (Phi) is 3.86. The number of likely N-dealkylation sites (tertiary alicyclic amines) is 1. The smallest absolute Gasteiger partial charge is 0.272 e. The number of carbonyl (C=O) groups is 1. The highest BCUT2D eigenvalue weighted by atomic mass is 16.2. The van der Waals surface area contributed by atoms with Gasteiger partial charge < -0.3 is 9.47 Å². The zero-order valence-corrected chi connectivity index (χ0v) is 13.3. The molecule has 0 spiro atoms. The van der Waals surface area contributed by atoms with Gasteiger partial charge in [-0.05, 0) is 25.0 Å². The molecule has 0 radical (unpaired) electrons. The Labute approximate surface area is 140 Å². The Morgan fingerprint density at radius 1 is 1.12 bits per heavy atom. The molecule has 1 amide bonds. The Morgan fingerprint density at radius 3 is 2.79 bits per heavy atom. The molecule has 0 bridgehead atoms. The Bertz CT molecular complexity index is 809. The normalized spacial score (nSPS) is 17.8. The number of hydrogen-bond acceptors (Lipinski definition) is 3. The van der Waals surface area contributed by atoms with E-state index < -0.39 is 0 Å². The molecule has 0 unspecified atom stereocenters. The molecular weight excluding hydrogens is 302 g/mol. The largest absolute Gasteiger partial charge is 0.335 e. The van der Waals surface area contributed by atoms with E-state index in [1.165, 1.54) is 0 Å². The zero-order valence-electron chi connectivity index (χ0n) is 13.3. The van der Waals surface area contributed by atoms with E-state index in [0.29, 0.717) is 18.3 Å². The second kappa shape index (κ2) is 6.31. The van der Waals surface area contributed by atoms with Crippen LogP contribution in [-0.2, 0) is 0 Å². The fourth-order valence-corrected chi connectivity index (χ4v) is 3.28. The maximum absolute atomic E-state index is 13.0. The molecular formula is C18H19N5O. The lowest BCUT2D eigenvalue weighted by atomic mass is 10.1. The van der Waals surface area contributed by atoms with Crippen molar-refractivity contribution in [2.75, 3.05) is 13.1 Å². The van der Waals surface area contributed by atoms with Crippen molar-refractivity contribution in [3.8, 4) is 5.69 Å². The van der Waals surface area contributed by atoms with Crippen LogP contribution in [0.4, 0.5) is 0 Å². The predicted octanol–water partition coefficient (Wildman–Crippen LogP) is 2.55. The number of piperidine rings is 1. The van der Waals surface area contributed by atoms with Gasteiger partial charge in [-0.25, -0.2) is 9.97 Å². The summed E-state index contributed by atoms with van der Waals surface area (Å²) in [5, 5.41) is 0. The van der Waals surface area contributed by atoms with Crippen LogP contribution in [0.1, 0.15) is 29.4 Å². The van der Waals surface area contributed by atoms with Gasteiger partial charge >= 0.3 is 0 Å². The van der Waals surface area contributed by atoms with E-state index in [9.17, 15) is 4.79 Å². The van der Waals surface area contributed by atoms with Crippen LogP contribution in [0, 0.1) is 0 Å². The fourth-order valence-electron chi connectivity index (χ4n) is 3.28. The number of para-hydroxylation sites is 1. The highest BCUT2D eigenvalue weighted by Crippen LogP contribution is 2.23. The van der Waals surface area contributed by atoms with Crippen molar-refractivity contribution in [3.05, 3.63) is 67.3 Å². The van der Waals surface area contributed by atoms with Gasteiger partial charge in [-0.3, -0.25) is 9.36 Å². The third-order valence-corrected chi connectivity index (χ3v) is 4.52. The molecule has 0 saturated carbocycles. The van der Waals surface area contributed by atoms with Crippen LogP contribution in [0.5, 0.6) is 0 Å². The summed E-state index contributed by atoms with van der Waals surface area (Å²) >= 11 is 0. The summed E-state index contributed by atoms with van der Waals surface area (Å²) in [5.74, 6) is 0.0289. The first-order valence-electron chi connectivity index (χ1n) is 8.17. The number of benzene rings is 1. The van der Waals surface area contributed by atoms with Gasteiger partial charge in [0, 0.05) is 31.2 Å². The van der Waals surface area contributed by atoms with Crippen molar-refractivity contribution in [3.63, 3.8) is 0 Å². The Balaban J connectivity index is 1.57. The van der Waals surface area contributed by atoms with E-state index in [-0.39, 0.29) is 5.91 Å². The minimum atomic E-state index is 0.0289. The van der Waals surface area contributed by atoms with Crippen LogP contribution in [-0.4, -0.2) is 43.0 Å². The molecule has 122 valence electrons. The lowest BCUT2D eigenvalue weighted by Gasteiger charge is -2.33. The van der Waals surface area contributed by atoms with Crippen LogP contribution < -0.4 is 0 Å². The van der Waals surface area contributed by atoms with Gasteiger partial charge in [-0.1, -0.05) is 18.2 Å². The maximum Gasteiger partial charge on any atom is 0.272 e. The van der Waals surface area contributed by atoms with Gasteiger partial charge in [0.15, 0.2) is 0 Å². The van der Waals surface area contributed by atoms with E-state index in [4.69, 9.17) is 0 Å². The van der Waals surface area contributed by atoms with Crippen LogP contribution in [0.25, 0.3) is 5.69 Å². The van der Waals surface area contributed by atoms with E-state index in [2.05, 4.69) is 14.5 Å². The van der Waals surface area contributed by atoms with Gasteiger partial charge in [0.1, 0.15) is 5.69 Å². The summed E-state index contributed by atoms with van der Waals surface area (Å²) in [7, 11) is 0. The van der Waals surface area contributed by atoms with Crippen molar-refractivity contribution >= 4 is 5.91 Å². The first-order valence-corrected chi connectivity index (χ1v) is 8.17. The van der Waals surface area contributed by atoms with E-state index in [0.717, 1.165) is 25.1 Å². The summed E-state index contributed by atoms with van der Waals surface area (Å²) in [6.45, 7) is 1.49. The van der Waals surface area contributed by atoms with E-state index in [1.54, 1.807) is 18.7 Å². The summed E-state index contributed by atoms with van der Waals surface area (Å²) in [5.41, 5.74) is 1.55. The zero-order chi connectivity index (χ0) is 16.4. The molecule has 6 nitrogen and oxygen atoms in total. The maximum atomic E-state index is 13.0. The monoisotopic (exact) mass is 321 g/mol. The van der Waals surface area contributed by atoms with Crippen LogP contribution in [0.15, 0.2) is 61.6 Å². The summed E-state index contributed by atoms with van der Waals surface area (Å²) < 4.78 is 3.94. The molecule has 1 aliphatic heterocycles. The molecule has 4 rings (SSSR count). The molecule has 1 saturated heterocycles. The van der Waals surface area contributed by atoms with Crippen molar-refractivity contribution in [1.29, 1.82) is 0 Å². The first-order chi connectivity index (χ1) is 11.8. The minimum Gasteiger partial charge on any atom is -0.335 e. The van der Waals surface area contributed by atoms with Crippen molar-refractivity contribution in [1.82, 2.24) is 24.0 Å². The van der Waals surface area contributed by atoms with Gasteiger partial charge in [-0.15, -0.1) is 0 Å². The number of hydrogen-bond donors (Lipinski definition) is 0. The SMILES string of the molecule is O=C(c1cncn1-c1ccccc1)N1CCC[C@H](n2ccnc2)C1. The van der Waals surface area contributed by atoms with Crippen LogP contribution >= 0.6 is 0 Å². The fraction of sp³-hybridized carbons (Fsp3) is 0.278. The molecule has 6 heteroatoms. The van der Waals surface area contributed by atoms with Gasteiger partial charge in [0.25, 0.3) is 5.91 Å². The molecule has 1 atom stereocenters. The third-order valence-electron chi connectivity index (χ3n) is 4.52. The number of carbonyl (C=O) groups excluding carboxylic acids is 1. The highest BCUT2D eigenvalue weighted by molar-refractivity contribution is 5.93. The van der Waals surface area contributed by atoms with Crippen molar-refractivity contribution < 1.29 is 4.79 Å². The predicted molar refractivity (Wildman–Crippen MR) is 90.0 cm³/mol. The molecule has 1 aliphatic rings. The molecule has 2 aromatic heterocycles. The van der Waals surface area contributed by atoms with Crippen LogP contribution in [0.2, 0.25) is 0 Å². The lowest BCUT2D eigenvalue weighted by Crippen LogP contribution is -2.41. The molecule has 0 aliphatic carbocycles. The summed E-state index contributed by atoms with van der Waals surface area (Å²) in [4.78, 5) is 23.2. The highest BCUT2D eigenvalue weighted by Gasteiger charge is 2.27. The topological polar surface area (TPSA) is 56.0 Å². The number of amides is 1. The summed E-state index contributed by atoms with van der Waals surface area (Å²) in [6, 6.07) is 10.1. The first kappa shape index (κ1) is 14.7. The lowest BCUT2D eigenvalue weighted by molar-refractivity contribution is 0.0671.